The van der Waals surface area contributed by atoms with E-state index < -0.39 is 16.7 Å². The highest BCUT2D eigenvalue weighted by Crippen LogP contribution is 2.33. The van der Waals surface area contributed by atoms with Crippen LogP contribution in [0.3, 0.4) is 0 Å². The summed E-state index contributed by atoms with van der Waals surface area (Å²) in [6.45, 7) is 0. The third-order valence-electron chi connectivity index (χ3n) is 3.51. The summed E-state index contributed by atoms with van der Waals surface area (Å²) in [4.78, 5) is 18.4. The molecule has 0 saturated carbocycles. The Morgan fingerprint density at radius 3 is 2.42 bits per heavy atom. The molecule has 2 heterocycles. The molecule has 0 spiro atoms. The molecule has 0 saturated heterocycles. The third-order valence-corrected chi connectivity index (χ3v) is 3.51. The first-order valence-electron chi connectivity index (χ1n) is 7.35. The van der Waals surface area contributed by atoms with Crippen LogP contribution in [0.25, 0.3) is 11.3 Å². The van der Waals surface area contributed by atoms with Crippen LogP contribution >= 0.6 is 0 Å². The van der Waals surface area contributed by atoms with Crippen molar-refractivity contribution < 1.29 is 18.1 Å². The lowest BCUT2D eigenvalue weighted by molar-refractivity contribution is -0.384. The molecule has 3 rings (SSSR count). The van der Waals surface area contributed by atoms with E-state index in [-0.39, 0.29) is 11.5 Å². The number of rotatable bonds is 4. The molecule has 1 N–H and O–H groups in total. The Bertz CT molecular complexity index is 929. The molecule has 0 atom stereocenters. The van der Waals surface area contributed by atoms with Crippen LogP contribution in [0.2, 0.25) is 0 Å². The molecule has 0 aliphatic carbocycles. The standard InChI is InChI=1S/C17H11F3N4O2/c18-17(19,20)11-4-7-16(22-10-11)23-15-6-5-12(24(25)26)9-13(15)14-3-1-2-8-21-14/h1-10H,(H,22,23). The maximum Gasteiger partial charge on any atom is 0.417 e. The van der Waals surface area contributed by atoms with Gasteiger partial charge in [-0.1, -0.05) is 6.07 Å². The molecule has 1 aromatic carbocycles. The number of hydrogen-bond acceptors (Lipinski definition) is 5. The molecule has 0 aliphatic rings. The first-order chi connectivity index (χ1) is 12.3. The lowest BCUT2D eigenvalue weighted by atomic mass is 10.1. The van der Waals surface area contributed by atoms with Gasteiger partial charge >= 0.3 is 6.18 Å². The second kappa shape index (κ2) is 6.79. The van der Waals surface area contributed by atoms with Crippen molar-refractivity contribution in [2.45, 2.75) is 6.18 Å². The van der Waals surface area contributed by atoms with Gasteiger partial charge in [0.15, 0.2) is 0 Å². The summed E-state index contributed by atoms with van der Waals surface area (Å²) in [7, 11) is 0. The van der Waals surface area contributed by atoms with Gasteiger partial charge in [-0.25, -0.2) is 4.98 Å². The summed E-state index contributed by atoms with van der Waals surface area (Å²) >= 11 is 0. The van der Waals surface area contributed by atoms with Gasteiger partial charge in [-0.05, 0) is 30.3 Å². The maximum atomic E-state index is 12.6. The number of nitrogens with zero attached hydrogens (tertiary/aromatic N) is 3. The van der Waals surface area contributed by atoms with Gasteiger partial charge in [0.2, 0.25) is 0 Å². The molecule has 6 nitrogen and oxygen atoms in total. The predicted octanol–water partition coefficient (Wildman–Crippen LogP) is 4.81. The van der Waals surface area contributed by atoms with E-state index in [1.165, 1.54) is 30.5 Å². The Labute approximate surface area is 145 Å². The van der Waals surface area contributed by atoms with Gasteiger partial charge in [0.25, 0.3) is 5.69 Å². The average Bonchev–Trinajstić information content (AvgIpc) is 2.62. The zero-order chi connectivity index (χ0) is 18.7. The molecular formula is C17H11F3N4O2. The Kier molecular flexibility index (Phi) is 4.53. The molecule has 26 heavy (non-hydrogen) atoms. The van der Waals surface area contributed by atoms with Gasteiger partial charge in [-0.2, -0.15) is 13.2 Å². The SMILES string of the molecule is O=[N+]([O-])c1ccc(Nc2ccc(C(F)(F)F)cn2)c(-c2ccccn2)c1. The number of pyridine rings is 2. The quantitative estimate of drug-likeness (QED) is 0.533. The number of hydrogen-bond donors (Lipinski definition) is 1. The number of nitro benzene ring substituents is 1. The Morgan fingerprint density at radius 1 is 1.04 bits per heavy atom. The fourth-order valence-electron chi connectivity index (χ4n) is 2.26. The molecular weight excluding hydrogens is 349 g/mol. The summed E-state index contributed by atoms with van der Waals surface area (Å²) in [5, 5.41) is 13.9. The largest absolute Gasteiger partial charge is 0.417 e. The number of benzene rings is 1. The number of nitrogens with one attached hydrogen (secondary N) is 1. The Balaban J connectivity index is 1.98. The summed E-state index contributed by atoms with van der Waals surface area (Å²) in [6.07, 6.45) is -2.22. The molecule has 0 aliphatic heterocycles. The van der Waals surface area contributed by atoms with Gasteiger partial charge < -0.3 is 5.32 Å². The fraction of sp³-hybridized carbons (Fsp3) is 0.0588. The molecule has 3 aromatic rings. The number of nitro groups is 1. The van der Waals surface area contributed by atoms with Crippen molar-refractivity contribution in [2.24, 2.45) is 0 Å². The van der Waals surface area contributed by atoms with Crippen LogP contribution in [0.1, 0.15) is 5.56 Å². The van der Waals surface area contributed by atoms with Gasteiger partial charge in [-0.15, -0.1) is 0 Å². The lowest BCUT2D eigenvalue weighted by Crippen LogP contribution is -2.06. The molecule has 0 amide bonds. The topological polar surface area (TPSA) is 81.0 Å². The molecule has 0 radical (unpaired) electrons. The van der Waals surface area contributed by atoms with Crippen LogP contribution in [0.5, 0.6) is 0 Å². The Morgan fingerprint density at radius 2 is 1.85 bits per heavy atom. The summed E-state index contributed by atoms with van der Waals surface area (Å²) in [5.74, 6) is 0.170. The van der Waals surface area contributed by atoms with Gasteiger partial charge in [0, 0.05) is 35.8 Å². The van der Waals surface area contributed by atoms with E-state index in [0.29, 0.717) is 23.1 Å². The van der Waals surface area contributed by atoms with E-state index in [9.17, 15) is 23.3 Å². The molecule has 132 valence electrons. The number of anilines is 2. The van der Waals surface area contributed by atoms with E-state index >= 15 is 0 Å². The molecule has 0 fully saturated rings. The molecule has 0 unspecified atom stereocenters. The van der Waals surface area contributed by atoms with Crippen LogP contribution < -0.4 is 5.32 Å². The first-order valence-corrected chi connectivity index (χ1v) is 7.35. The monoisotopic (exact) mass is 360 g/mol. The normalized spacial score (nSPS) is 11.2. The van der Waals surface area contributed by atoms with E-state index in [4.69, 9.17) is 0 Å². The highest BCUT2D eigenvalue weighted by Gasteiger charge is 2.30. The molecule has 9 heteroatoms. The van der Waals surface area contributed by atoms with Gasteiger partial charge in [0.05, 0.1) is 16.2 Å². The average molecular weight is 360 g/mol. The second-order valence-electron chi connectivity index (χ2n) is 5.26. The zero-order valence-corrected chi connectivity index (χ0v) is 13.1. The third kappa shape index (κ3) is 3.77. The molecule has 0 bridgehead atoms. The minimum Gasteiger partial charge on any atom is -0.340 e. The van der Waals surface area contributed by atoms with Crippen LogP contribution in [0.15, 0.2) is 60.9 Å². The summed E-state index contributed by atoms with van der Waals surface area (Å²) in [5.41, 5.74) is 0.349. The summed E-state index contributed by atoms with van der Waals surface area (Å²) < 4.78 is 37.9. The van der Waals surface area contributed by atoms with E-state index in [1.54, 1.807) is 18.2 Å². The van der Waals surface area contributed by atoms with Crippen molar-refractivity contribution in [3.05, 3.63) is 76.6 Å². The van der Waals surface area contributed by atoms with Crippen molar-refractivity contribution in [2.75, 3.05) is 5.32 Å². The van der Waals surface area contributed by atoms with Gasteiger partial charge in [-0.3, -0.25) is 15.1 Å². The van der Waals surface area contributed by atoms with Crippen molar-refractivity contribution in [1.29, 1.82) is 0 Å². The first kappa shape index (κ1) is 17.3. The number of halogens is 3. The van der Waals surface area contributed by atoms with Crippen molar-refractivity contribution in [3.63, 3.8) is 0 Å². The van der Waals surface area contributed by atoms with Gasteiger partial charge in [0.1, 0.15) is 5.82 Å². The highest BCUT2D eigenvalue weighted by atomic mass is 19.4. The highest BCUT2D eigenvalue weighted by molar-refractivity contribution is 5.80. The molecule has 2 aromatic heterocycles. The van der Waals surface area contributed by atoms with E-state index in [0.717, 1.165) is 6.07 Å². The number of aromatic nitrogens is 2. The fourth-order valence-corrected chi connectivity index (χ4v) is 2.26. The van der Waals surface area contributed by atoms with Crippen molar-refractivity contribution >= 4 is 17.2 Å². The van der Waals surface area contributed by atoms with Crippen LogP contribution in [-0.4, -0.2) is 14.9 Å². The summed E-state index contributed by atoms with van der Waals surface area (Å²) in [6, 6.07) is 11.3. The predicted molar refractivity (Wildman–Crippen MR) is 88.8 cm³/mol. The van der Waals surface area contributed by atoms with Crippen LogP contribution in [0.4, 0.5) is 30.4 Å². The van der Waals surface area contributed by atoms with Crippen LogP contribution in [0, 0.1) is 10.1 Å². The Hall–Kier alpha value is -3.49. The number of alkyl halides is 3. The smallest absolute Gasteiger partial charge is 0.340 e. The van der Waals surface area contributed by atoms with E-state index in [1.807, 2.05) is 0 Å². The van der Waals surface area contributed by atoms with E-state index in [2.05, 4.69) is 15.3 Å². The van der Waals surface area contributed by atoms with Crippen molar-refractivity contribution in [3.8, 4) is 11.3 Å². The zero-order valence-electron chi connectivity index (χ0n) is 13.1. The minimum atomic E-state index is -4.47. The maximum absolute atomic E-state index is 12.6. The lowest BCUT2D eigenvalue weighted by Gasteiger charge is -2.12. The number of non-ortho nitro benzene ring substituents is 1. The van der Waals surface area contributed by atoms with Crippen molar-refractivity contribution in [1.82, 2.24) is 9.97 Å². The van der Waals surface area contributed by atoms with Crippen LogP contribution in [-0.2, 0) is 6.18 Å². The minimum absolute atomic E-state index is 0.128. The second-order valence-corrected chi connectivity index (χ2v) is 5.26.